The number of hydrogen-bond donors (Lipinski definition) is 0. The fourth-order valence-electron chi connectivity index (χ4n) is 4.32. The van der Waals surface area contributed by atoms with Gasteiger partial charge in [-0.1, -0.05) is 18.2 Å². The number of fused-ring (bicyclic) bond motifs is 1. The molecule has 0 radical (unpaired) electrons. The van der Waals surface area contributed by atoms with E-state index in [2.05, 4.69) is 53.1 Å². The summed E-state index contributed by atoms with van der Waals surface area (Å²) in [6, 6.07) is 16.5. The number of pyridine rings is 1. The Balaban J connectivity index is 1.53. The molecule has 2 heterocycles. The molecule has 1 aliphatic carbocycles. The smallest absolute Gasteiger partial charge is 0.339 e. The second-order valence-corrected chi connectivity index (χ2v) is 8.44. The summed E-state index contributed by atoms with van der Waals surface area (Å²) < 4.78 is 12.5. The van der Waals surface area contributed by atoms with Crippen molar-refractivity contribution in [3.05, 3.63) is 83.3 Å². The highest BCUT2D eigenvalue weighted by Gasteiger charge is 2.26. The molecule has 4 aromatic rings. The number of benzene rings is 2. The Hall–Kier alpha value is -3.60. The molecule has 0 N–H and O–H groups in total. The third kappa shape index (κ3) is 3.75. The van der Waals surface area contributed by atoms with Crippen LogP contribution in [0, 0.1) is 0 Å². The van der Waals surface area contributed by atoms with Crippen molar-refractivity contribution in [2.45, 2.75) is 25.2 Å². The molecule has 1 fully saturated rings. The van der Waals surface area contributed by atoms with Gasteiger partial charge in [-0.05, 0) is 65.8 Å². The van der Waals surface area contributed by atoms with E-state index >= 15 is 0 Å². The zero-order valence-corrected chi connectivity index (χ0v) is 18.6. The number of carbonyl (C=O) groups excluding carboxylic acids is 1. The van der Waals surface area contributed by atoms with Crippen molar-refractivity contribution < 1.29 is 14.3 Å². The van der Waals surface area contributed by atoms with Crippen molar-refractivity contribution in [3.8, 4) is 16.9 Å². The van der Waals surface area contributed by atoms with E-state index in [-0.39, 0.29) is 5.97 Å². The standard InChI is InChI=1S/C27H26N2O3/c1-29-16-24(19-7-9-21(31-2)10-8-19)22-12-17(4-11-26(22)29)13-25-23(27(30)32-3)14-20(15-28-25)18-5-6-18/h4,7-12,14-16,18H,5-6,13H2,1-3H3. The second-order valence-electron chi connectivity index (χ2n) is 8.44. The molecule has 5 rings (SSSR count). The van der Waals surface area contributed by atoms with Crippen molar-refractivity contribution in [1.82, 2.24) is 9.55 Å². The lowest BCUT2D eigenvalue weighted by atomic mass is 9.99. The summed E-state index contributed by atoms with van der Waals surface area (Å²) >= 11 is 0. The van der Waals surface area contributed by atoms with Gasteiger partial charge < -0.3 is 14.0 Å². The van der Waals surface area contributed by atoms with Crippen molar-refractivity contribution in [2.24, 2.45) is 7.05 Å². The fourth-order valence-corrected chi connectivity index (χ4v) is 4.32. The van der Waals surface area contributed by atoms with E-state index in [9.17, 15) is 4.79 Å². The molecule has 162 valence electrons. The van der Waals surface area contributed by atoms with E-state index in [1.807, 2.05) is 24.4 Å². The molecule has 0 saturated heterocycles. The minimum Gasteiger partial charge on any atom is -0.497 e. The zero-order chi connectivity index (χ0) is 22.2. The number of hydrogen-bond acceptors (Lipinski definition) is 4. The predicted molar refractivity (Wildman–Crippen MR) is 125 cm³/mol. The first kappa shape index (κ1) is 20.3. The van der Waals surface area contributed by atoms with Crippen LogP contribution in [0.4, 0.5) is 0 Å². The van der Waals surface area contributed by atoms with Crippen molar-refractivity contribution >= 4 is 16.9 Å². The molecule has 0 unspecified atom stereocenters. The lowest BCUT2D eigenvalue weighted by Crippen LogP contribution is -2.09. The summed E-state index contributed by atoms with van der Waals surface area (Å²) in [6.45, 7) is 0. The van der Waals surface area contributed by atoms with Gasteiger partial charge in [0.1, 0.15) is 5.75 Å². The van der Waals surface area contributed by atoms with Gasteiger partial charge in [-0.3, -0.25) is 4.98 Å². The van der Waals surface area contributed by atoms with Crippen LogP contribution in [-0.4, -0.2) is 29.7 Å². The predicted octanol–water partition coefficient (Wildman–Crippen LogP) is 5.50. The molecule has 1 saturated carbocycles. The van der Waals surface area contributed by atoms with Gasteiger partial charge in [0.2, 0.25) is 0 Å². The van der Waals surface area contributed by atoms with Gasteiger partial charge in [-0.25, -0.2) is 4.79 Å². The monoisotopic (exact) mass is 426 g/mol. The van der Waals surface area contributed by atoms with Gasteiger partial charge in [-0.2, -0.15) is 0 Å². The van der Waals surface area contributed by atoms with Crippen LogP contribution in [-0.2, 0) is 18.2 Å². The highest BCUT2D eigenvalue weighted by atomic mass is 16.5. The molecule has 0 amide bonds. The van der Waals surface area contributed by atoms with Crippen LogP contribution in [0.15, 0.2) is 60.9 Å². The maximum absolute atomic E-state index is 12.5. The summed E-state index contributed by atoms with van der Waals surface area (Å²) in [6.07, 6.45) is 6.98. The minimum absolute atomic E-state index is 0.324. The van der Waals surface area contributed by atoms with Crippen LogP contribution in [0.5, 0.6) is 5.75 Å². The van der Waals surface area contributed by atoms with Gasteiger partial charge in [0, 0.05) is 42.3 Å². The zero-order valence-electron chi connectivity index (χ0n) is 18.6. The van der Waals surface area contributed by atoms with Crippen LogP contribution in [0.2, 0.25) is 0 Å². The normalized spacial score (nSPS) is 13.3. The molecule has 2 aromatic heterocycles. The first-order chi connectivity index (χ1) is 15.6. The van der Waals surface area contributed by atoms with E-state index in [0.717, 1.165) is 39.2 Å². The van der Waals surface area contributed by atoms with E-state index in [0.29, 0.717) is 17.9 Å². The Kier molecular flexibility index (Phi) is 5.17. The average molecular weight is 427 g/mol. The van der Waals surface area contributed by atoms with Crippen molar-refractivity contribution in [2.75, 3.05) is 14.2 Å². The summed E-state index contributed by atoms with van der Waals surface area (Å²) in [7, 11) is 5.16. The maximum atomic E-state index is 12.5. The molecule has 0 bridgehead atoms. The van der Waals surface area contributed by atoms with Crippen molar-refractivity contribution in [3.63, 3.8) is 0 Å². The Bertz CT molecular complexity index is 1300. The molecular weight excluding hydrogens is 400 g/mol. The van der Waals surface area contributed by atoms with Crippen LogP contribution >= 0.6 is 0 Å². The Morgan fingerprint density at radius 2 is 1.88 bits per heavy atom. The molecule has 2 aromatic carbocycles. The van der Waals surface area contributed by atoms with E-state index in [1.165, 1.54) is 25.3 Å². The Morgan fingerprint density at radius 3 is 2.56 bits per heavy atom. The number of rotatable bonds is 6. The molecule has 0 spiro atoms. The molecule has 5 heteroatoms. The molecule has 0 aliphatic heterocycles. The third-order valence-corrected chi connectivity index (χ3v) is 6.27. The highest BCUT2D eigenvalue weighted by Crippen LogP contribution is 2.40. The summed E-state index contributed by atoms with van der Waals surface area (Å²) in [4.78, 5) is 17.1. The quantitative estimate of drug-likeness (QED) is 0.382. The largest absolute Gasteiger partial charge is 0.497 e. The van der Waals surface area contributed by atoms with Crippen LogP contribution in [0.25, 0.3) is 22.0 Å². The third-order valence-electron chi connectivity index (χ3n) is 6.27. The summed E-state index contributed by atoms with van der Waals surface area (Å²) in [5.41, 5.74) is 7.02. The van der Waals surface area contributed by atoms with Crippen molar-refractivity contribution in [1.29, 1.82) is 0 Å². The highest BCUT2D eigenvalue weighted by molar-refractivity contribution is 5.96. The number of carbonyl (C=O) groups is 1. The number of aromatic nitrogens is 2. The maximum Gasteiger partial charge on any atom is 0.339 e. The Labute approximate surface area is 187 Å². The molecular formula is C27H26N2O3. The average Bonchev–Trinajstić information content (AvgIpc) is 3.63. The second kappa shape index (κ2) is 8.15. The van der Waals surface area contributed by atoms with E-state index in [4.69, 9.17) is 9.47 Å². The fraction of sp³-hybridized carbons (Fsp3) is 0.259. The first-order valence-corrected chi connectivity index (χ1v) is 10.9. The lowest BCUT2D eigenvalue weighted by molar-refractivity contribution is 0.0599. The number of esters is 1. The number of nitrogens with zero attached hydrogens (tertiary/aromatic N) is 2. The van der Waals surface area contributed by atoms with Gasteiger partial charge >= 0.3 is 5.97 Å². The SMILES string of the molecule is COC(=O)c1cc(C2CC2)cnc1Cc1ccc2c(c1)c(-c1ccc(OC)cc1)cn2C. The summed E-state index contributed by atoms with van der Waals surface area (Å²) in [5, 5.41) is 1.17. The molecule has 1 aliphatic rings. The number of aryl methyl sites for hydroxylation is 1. The van der Waals surface area contributed by atoms with Gasteiger partial charge in [0.25, 0.3) is 0 Å². The van der Waals surface area contributed by atoms with Crippen LogP contribution < -0.4 is 4.74 Å². The van der Waals surface area contributed by atoms with E-state index in [1.54, 1.807) is 7.11 Å². The first-order valence-electron chi connectivity index (χ1n) is 10.9. The number of ether oxygens (including phenoxy) is 2. The molecule has 0 atom stereocenters. The van der Waals surface area contributed by atoms with E-state index < -0.39 is 0 Å². The van der Waals surface area contributed by atoms with Crippen LogP contribution in [0.3, 0.4) is 0 Å². The van der Waals surface area contributed by atoms with Gasteiger partial charge in [0.15, 0.2) is 0 Å². The summed E-state index contributed by atoms with van der Waals surface area (Å²) in [5.74, 6) is 1.05. The van der Waals surface area contributed by atoms with Crippen LogP contribution in [0.1, 0.15) is 45.9 Å². The minimum atomic E-state index is -0.324. The van der Waals surface area contributed by atoms with Gasteiger partial charge in [0.05, 0.1) is 25.5 Å². The molecule has 5 nitrogen and oxygen atoms in total. The topological polar surface area (TPSA) is 53.4 Å². The van der Waals surface area contributed by atoms with Gasteiger partial charge in [-0.15, -0.1) is 0 Å². The number of methoxy groups -OCH3 is 2. The molecule has 32 heavy (non-hydrogen) atoms. The Morgan fingerprint density at radius 1 is 1.09 bits per heavy atom. The lowest BCUT2D eigenvalue weighted by Gasteiger charge is -2.10.